The summed E-state index contributed by atoms with van der Waals surface area (Å²) < 4.78 is 4.74. The van der Waals surface area contributed by atoms with Crippen LogP contribution in [0.25, 0.3) is 11.1 Å². The lowest BCUT2D eigenvalue weighted by Gasteiger charge is -2.03. The van der Waals surface area contributed by atoms with Crippen molar-refractivity contribution < 1.29 is 9.62 Å². The molecule has 0 fully saturated rings. The minimum Gasteiger partial charge on any atom is -0.421 e. The first kappa shape index (κ1) is 10.2. The molecule has 0 radical (unpaired) electrons. The maximum absolute atomic E-state index is 11.5. The number of H-pyrrole nitrogens is 1. The van der Waals surface area contributed by atoms with E-state index in [1.165, 1.54) is 0 Å². The molecule has 0 saturated heterocycles. The Kier molecular flexibility index (Phi) is 2.15. The van der Waals surface area contributed by atoms with Crippen molar-refractivity contribution in [2.24, 2.45) is 0 Å². The Morgan fingerprint density at radius 2 is 2.12 bits per heavy atom. The first-order valence-corrected chi connectivity index (χ1v) is 4.56. The van der Waals surface area contributed by atoms with E-state index in [4.69, 9.17) is 0 Å². The SMILES string of the molecule is CCc1cc(=O)oc2c1c(=O)[nH]c(=O)n2O. The Morgan fingerprint density at radius 1 is 1.44 bits per heavy atom. The number of aromatic amines is 1. The summed E-state index contributed by atoms with van der Waals surface area (Å²) in [7, 11) is 0. The molecule has 84 valence electrons. The third-order valence-electron chi connectivity index (χ3n) is 2.24. The fourth-order valence-corrected chi connectivity index (χ4v) is 1.50. The van der Waals surface area contributed by atoms with Gasteiger partial charge in [-0.25, -0.2) is 9.59 Å². The van der Waals surface area contributed by atoms with Crippen LogP contribution in [0.2, 0.25) is 0 Å². The molecule has 2 aromatic heterocycles. The maximum atomic E-state index is 11.5. The normalized spacial score (nSPS) is 10.8. The van der Waals surface area contributed by atoms with E-state index in [1.54, 1.807) is 6.92 Å². The van der Waals surface area contributed by atoms with Crippen LogP contribution in [0.1, 0.15) is 12.5 Å². The monoisotopic (exact) mass is 224 g/mol. The topological polar surface area (TPSA) is 105 Å². The average Bonchev–Trinajstić information content (AvgIpc) is 2.24. The maximum Gasteiger partial charge on any atom is 0.364 e. The quantitative estimate of drug-likeness (QED) is 0.632. The van der Waals surface area contributed by atoms with E-state index in [2.05, 4.69) is 4.42 Å². The molecule has 0 amide bonds. The van der Waals surface area contributed by atoms with Gasteiger partial charge in [-0.3, -0.25) is 9.78 Å². The van der Waals surface area contributed by atoms with Gasteiger partial charge in [0.2, 0.25) is 0 Å². The summed E-state index contributed by atoms with van der Waals surface area (Å²) in [6, 6.07) is 1.15. The zero-order chi connectivity index (χ0) is 11.9. The predicted octanol–water partition coefficient (Wildman–Crippen LogP) is -0.557. The highest BCUT2D eigenvalue weighted by Crippen LogP contribution is 2.10. The summed E-state index contributed by atoms with van der Waals surface area (Å²) in [6.45, 7) is 1.74. The fourth-order valence-electron chi connectivity index (χ4n) is 1.50. The van der Waals surface area contributed by atoms with Crippen molar-refractivity contribution in [3.05, 3.63) is 42.9 Å². The van der Waals surface area contributed by atoms with Crippen molar-refractivity contribution in [1.29, 1.82) is 0 Å². The minimum atomic E-state index is -1.05. The van der Waals surface area contributed by atoms with Crippen molar-refractivity contribution in [3.8, 4) is 0 Å². The van der Waals surface area contributed by atoms with Crippen LogP contribution in [0.4, 0.5) is 0 Å². The van der Waals surface area contributed by atoms with Gasteiger partial charge in [0.15, 0.2) is 0 Å². The highest BCUT2D eigenvalue weighted by Gasteiger charge is 2.13. The predicted molar refractivity (Wildman–Crippen MR) is 53.9 cm³/mol. The summed E-state index contributed by atoms with van der Waals surface area (Å²) in [4.78, 5) is 35.6. The second-order valence-electron chi connectivity index (χ2n) is 3.20. The number of hydrogen-bond donors (Lipinski definition) is 2. The van der Waals surface area contributed by atoms with Gasteiger partial charge in [0, 0.05) is 6.07 Å². The molecule has 2 N–H and O–H groups in total. The van der Waals surface area contributed by atoms with E-state index in [9.17, 15) is 19.6 Å². The van der Waals surface area contributed by atoms with E-state index < -0.39 is 22.6 Å². The highest BCUT2D eigenvalue weighted by molar-refractivity contribution is 5.75. The van der Waals surface area contributed by atoms with Gasteiger partial charge in [0.05, 0.1) is 0 Å². The van der Waals surface area contributed by atoms with Gasteiger partial charge in [-0.2, -0.15) is 0 Å². The molecule has 16 heavy (non-hydrogen) atoms. The zero-order valence-electron chi connectivity index (χ0n) is 8.31. The fraction of sp³-hybridized carbons (Fsp3) is 0.222. The molecule has 0 aliphatic heterocycles. The summed E-state index contributed by atoms with van der Waals surface area (Å²) in [5.41, 5.74) is -2.48. The molecule has 7 heteroatoms. The smallest absolute Gasteiger partial charge is 0.364 e. The van der Waals surface area contributed by atoms with Gasteiger partial charge in [0.1, 0.15) is 5.39 Å². The summed E-state index contributed by atoms with van der Waals surface area (Å²) in [5, 5.41) is 9.33. The van der Waals surface area contributed by atoms with Crippen LogP contribution < -0.4 is 16.9 Å². The van der Waals surface area contributed by atoms with E-state index in [1.807, 2.05) is 4.98 Å². The molecule has 2 rings (SSSR count). The van der Waals surface area contributed by atoms with Gasteiger partial charge in [-0.1, -0.05) is 11.7 Å². The Morgan fingerprint density at radius 3 is 2.75 bits per heavy atom. The number of aromatic nitrogens is 2. The van der Waals surface area contributed by atoms with Crippen molar-refractivity contribution in [2.45, 2.75) is 13.3 Å². The van der Waals surface area contributed by atoms with Crippen molar-refractivity contribution in [3.63, 3.8) is 0 Å². The van der Waals surface area contributed by atoms with Crippen LogP contribution in [0.3, 0.4) is 0 Å². The first-order valence-electron chi connectivity index (χ1n) is 4.56. The molecule has 0 aliphatic rings. The Hall–Kier alpha value is -2.31. The summed E-state index contributed by atoms with van der Waals surface area (Å²) in [6.07, 6.45) is 0.406. The van der Waals surface area contributed by atoms with Crippen LogP contribution in [0.5, 0.6) is 0 Å². The lowest BCUT2D eigenvalue weighted by Crippen LogP contribution is -2.30. The van der Waals surface area contributed by atoms with E-state index in [0.717, 1.165) is 6.07 Å². The van der Waals surface area contributed by atoms with Crippen LogP contribution in [0, 0.1) is 0 Å². The summed E-state index contributed by atoms with van der Waals surface area (Å²) in [5.74, 6) is 0. The Balaban J connectivity index is 3.17. The molecule has 0 unspecified atom stereocenters. The number of hydrogen-bond acceptors (Lipinski definition) is 5. The number of nitrogens with zero attached hydrogens (tertiary/aromatic N) is 1. The van der Waals surface area contributed by atoms with Gasteiger partial charge < -0.3 is 9.62 Å². The second-order valence-corrected chi connectivity index (χ2v) is 3.20. The Labute approximate surface area is 87.5 Å². The van der Waals surface area contributed by atoms with Gasteiger partial charge in [-0.15, -0.1) is 0 Å². The molecule has 2 heterocycles. The number of aryl methyl sites for hydroxylation is 1. The lowest BCUT2D eigenvalue weighted by molar-refractivity contribution is 0.170. The van der Waals surface area contributed by atoms with Crippen LogP contribution >= 0.6 is 0 Å². The lowest BCUT2D eigenvalue weighted by atomic mass is 10.1. The van der Waals surface area contributed by atoms with Gasteiger partial charge in [-0.05, 0) is 12.0 Å². The van der Waals surface area contributed by atoms with Crippen molar-refractivity contribution in [2.75, 3.05) is 0 Å². The van der Waals surface area contributed by atoms with Crippen molar-refractivity contribution in [1.82, 2.24) is 9.71 Å². The number of nitrogens with one attached hydrogen (secondary N) is 1. The van der Waals surface area contributed by atoms with Gasteiger partial charge in [0.25, 0.3) is 11.3 Å². The van der Waals surface area contributed by atoms with Gasteiger partial charge >= 0.3 is 11.3 Å². The molecule has 0 atom stereocenters. The van der Waals surface area contributed by atoms with E-state index >= 15 is 0 Å². The third kappa shape index (κ3) is 1.33. The molecule has 0 spiro atoms. The van der Waals surface area contributed by atoms with E-state index in [0.29, 0.717) is 12.0 Å². The molecule has 0 saturated carbocycles. The molecular formula is C9H8N2O5. The average molecular weight is 224 g/mol. The standard InChI is InChI=1S/C9H8N2O5/c1-2-4-3-5(12)16-8-6(4)7(13)10-9(14)11(8)15/h3,15H,2H2,1H3,(H,10,13,14). The second kappa shape index (κ2) is 3.37. The zero-order valence-corrected chi connectivity index (χ0v) is 8.31. The molecule has 0 aliphatic carbocycles. The minimum absolute atomic E-state index is 0.00389. The molecule has 0 bridgehead atoms. The van der Waals surface area contributed by atoms with Crippen molar-refractivity contribution >= 4 is 11.1 Å². The van der Waals surface area contributed by atoms with Crippen LogP contribution in [-0.4, -0.2) is 14.9 Å². The van der Waals surface area contributed by atoms with E-state index in [-0.39, 0.29) is 10.1 Å². The number of rotatable bonds is 1. The van der Waals surface area contributed by atoms with Crippen LogP contribution in [0.15, 0.2) is 24.9 Å². The molecule has 0 aromatic carbocycles. The van der Waals surface area contributed by atoms with Crippen LogP contribution in [-0.2, 0) is 6.42 Å². The number of fused-ring (bicyclic) bond motifs is 1. The summed E-state index contributed by atoms with van der Waals surface area (Å²) >= 11 is 0. The third-order valence-corrected chi connectivity index (χ3v) is 2.24. The molecule has 7 nitrogen and oxygen atoms in total. The Bertz CT molecular complexity index is 721. The highest BCUT2D eigenvalue weighted by atomic mass is 16.5. The largest absolute Gasteiger partial charge is 0.421 e. The first-order chi connectivity index (χ1) is 7.54. The molecule has 2 aromatic rings. The molecular weight excluding hydrogens is 216 g/mol.